The monoisotopic (exact) mass is 330 g/mol. The van der Waals surface area contributed by atoms with Gasteiger partial charge in [-0.2, -0.15) is 0 Å². The minimum Gasteiger partial charge on any atom is -0.496 e. The Morgan fingerprint density at radius 3 is 2.76 bits per heavy atom. The number of nitrogens with one attached hydrogen (secondary N) is 1. The zero-order chi connectivity index (χ0) is 15.5. The molecule has 21 heavy (non-hydrogen) atoms. The number of nitrogens with zero attached hydrogens (tertiary/aromatic N) is 1. The second-order valence-electron chi connectivity index (χ2n) is 3.98. The van der Waals surface area contributed by atoms with E-state index < -0.39 is 15.0 Å². The molecule has 2 aromatic rings. The normalized spacial score (nSPS) is 11.1. The molecule has 0 bridgehead atoms. The quantitative estimate of drug-likeness (QED) is 0.835. The van der Waals surface area contributed by atoms with Crippen LogP contribution in [0.25, 0.3) is 0 Å². The van der Waals surface area contributed by atoms with Crippen LogP contribution in [-0.2, 0) is 15.6 Å². The number of carbonyl (C=O) groups is 1. The van der Waals surface area contributed by atoms with E-state index in [1.54, 1.807) is 0 Å². The number of hydrogen-bond donors (Lipinski definition) is 1. The number of aromatic nitrogens is 1. The van der Waals surface area contributed by atoms with E-state index in [1.807, 2.05) is 0 Å². The molecule has 0 saturated carbocycles. The first kappa shape index (κ1) is 15.3. The maximum Gasteiger partial charge on any atom is 0.273 e. The third kappa shape index (κ3) is 3.73. The Bertz CT molecular complexity index is 743. The summed E-state index contributed by atoms with van der Waals surface area (Å²) >= 11 is 0. The number of rotatable bonds is 5. The summed E-state index contributed by atoms with van der Waals surface area (Å²) in [5.41, 5.74) is 0.589. The van der Waals surface area contributed by atoms with Crippen LogP contribution in [-0.4, -0.2) is 26.6 Å². The lowest BCUT2D eigenvalue weighted by molar-refractivity contribution is 0.0941. The van der Waals surface area contributed by atoms with Gasteiger partial charge in [-0.1, -0.05) is 5.16 Å². The summed E-state index contributed by atoms with van der Waals surface area (Å²) in [6.45, 7) is 0.0507. The lowest BCUT2D eigenvalue weighted by Gasteiger charge is -2.10. The van der Waals surface area contributed by atoms with E-state index in [-0.39, 0.29) is 17.1 Å². The van der Waals surface area contributed by atoms with Crippen LogP contribution in [0.3, 0.4) is 0 Å². The molecule has 0 aliphatic rings. The maximum atomic E-state index is 11.7. The zero-order valence-corrected chi connectivity index (χ0v) is 12.4. The first-order valence-electron chi connectivity index (χ1n) is 5.72. The average molecular weight is 331 g/mol. The van der Waals surface area contributed by atoms with Gasteiger partial charge in [-0.15, -0.1) is 0 Å². The minimum absolute atomic E-state index is 0.0507. The number of amides is 1. The van der Waals surface area contributed by atoms with E-state index in [1.165, 1.54) is 37.6 Å². The Morgan fingerprint density at radius 2 is 2.19 bits per heavy atom. The summed E-state index contributed by atoms with van der Waals surface area (Å²) in [5.74, 6) is -0.0237. The lowest BCUT2D eigenvalue weighted by Crippen LogP contribution is -2.23. The summed E-state index contributed by atoms with van der Waals surface area (Å²) in [6, 6.07) is 5.54. The van der Waals surface area contributed by atoms with Crippen molar-refractivity contribution in [1.29, 1.82) is 0 Å². The fraction of sp³-hybridized carbons (Fsp3) is 0.167. The molecule has 1 N–H and O–H groups in total. The number of carbonyl (C=O) groups excluding carboxylic acids is 1. The highest BCUT2D eigenvalue weighted by Gasteiger charge is 2.15. The van der Waals surface area contributed by atoms with Gasteiger partial charge in [0.1, 0.15) is 12.0 Å². The van der Waals surface area contributed by atoms with Crippen molar-refractivity contribution < 1.29 is 22.5 Å². The summed E-state index contributed by atoms with van der Waals surface area (Å²) in [5, 5.41) is 6.07. The van der Waals surface area contributed by atoms with Crippen LogP contribution in [0, 0.1) is 0 Å². The molecule has 9 heteroatoms. The van der Waals surface area contributed by atoms with E-state index in [2.05, 4.69) is 15.0 Å². The van der Waals surface area contributed by atoms with E-state index in [0.29, 0.717) is 11.3 Å². The van der Waals surface area contributed by atoms with Gasteiger partial charge in [0.05, 0.1) is 12.0 Å². The van der Waals surface area contributed by atoms with Crippen molar-refractivity contribution >= 4 is 25.6 Å². The Morgan fingerprint density at radius 1 is 1.43 bits per heavy atom. The van der Waals surface area contributed by atoms with E-state index in [4.69, 9.17) is 15.4 Å². The molecule has 0 fully saturated rings. The molecule has 0 saturated heterocycles. The van der Waals surface area contributed by atoms with Crippen LogP contribution < -0.4 is 10.1 Å². The summed E-state index contributed by atoms with van der Waals surface area (Å²) in [7, 11) is 2.87. The summed E-state index contributed by atoms with van der Waals surface area (Å²) in [6.07, 6.45) is 1.27. The predicted molar refractivity (Wildman–Crippen MR) is 73.7 cm³/mol. The maximum absolute atomic E-state index is 11.7. The van der Waals surface area contributed by atoms with Gasteiger partial charge in [0.15, 0.2) is 5.69 Å². The molecule has 1 heterocycles. The van der Waals surface area contributed by atoms with Crippen molar-refractivity contribution in [2.75, 3.05) is 7.11 Å². The Kier molecular flexibility index (Phi) is 4.49. The van der Waals surface area contributed by atoms with Crippen LogP contribution in [0.1, 0.15) is 16.1 Å². The highest BCUT2D eigenvalue weighted by Crippen LogP contribution is 2.24. The van der Waals surface area contributed by atoms with Crippen molar-refractivity contribution in [2.45, 2.75) is 11.4 Å². The molecule has 112 valence electrons. The van der Waals surface area contributed by atoms with Gasteiger partial charge >= 0.3 is 0 Å². The summed E-state index contributed by atoms with van der Waals surface area (Å²) < 4.78 is 32.3. The van der Waals surface area contributed by atoms with Crippen molar-refractivity contribution in [1.82, 2.24) is 10.5 Å². The molecule has 0 aliphatic carbocycles. The second kappa shape index (κ2) is 6.15. The molecule has 1 aromatic heterocycles. The third-order valence-electron chi connectivity index (χ3n) is 2.64. The van der Waals surface area contributed by atoms with E-state index in [9.17, 15) is 13.2 Å². The zero-order valence-electron chi connectivity index (χ0n) is 10.9. The average Bonchev–Trinajstić information content (AvgIpc) is 2.97. The fourth-order valence-electron chi connectivity index (χ4n) is 1.64. The highest BCUT2D eigenvalue weighted by molar-refractivity contribution is 8.13. The topological polar surface area (TPSA) is 98.5 Å². The van der Waals surface area contributed by atoms with Gasteiger partial charge in [-0.3, -0.25) is 4.79 Å². The molecule has 0 unspecified atom stereocenters. The van der Waals surface area contributed by atoms with Gasteiger partial charge in [-0.25, -0.2) is 8.42 Å². The van der Waals surface area contributed by atoms with Crippen LogP contribution in [0.5, 0.6) is 5.75 Å². The van der Waals surface area contributed by atoms with Crippen LogP contribution in [0.4, 0.5) is 0 Å². The summed E-state index contributed by atoms with van der Waals surface area (Å²) in [4.78, 5) is 11.7. The molecular weight excluding hydrogens is 320 g/mol. The number of benzene rings is 1. The SMILES string of the molecule is COc1ccc(S(=O)(=O)Cl)cc1CNC(=O)c1ccon1. The number of hydrogen-bond acceptors (Lipinski definition) is 6. The Hall–Kier alpha value is -2.06. The molecule has 0 atom stereocenters. The largest absolute Gasteiger partial charge is 0.496 e. The van der Waals surface area contributed by atoms with Crippen molar-refractivity contribution in [3.8, 4) is 5.75 Å². The first-order chi connectivity index (χ1) is 9.91. The predicted octanol–water partition coefficient (Wildman–Crippen LogP) is 1.54. The number of halogens is 1. The number of methoxy groups -OCH3 is 1. The third-order valence-corrected chi connectivity index (χ3v) is 3.99. The molecule has 0 spiro atoms. The fourth-order valence-corrected chi connectivity index (χ4v) is 2.44. The van der Waals surface area contributed by atoms with E-state index >= 15 is 0 Å². The smallest absolute Gasteiger partial charge is 0.273 e. The minimum atomic E-state index is -3.86. The Labute approximate surface area is 125 Å². The van der Waals surface area contributed by atoms with Gasteiger partial charge < -0.3 is 14.6 Å². The van der Waals surface area contributed by atoms with Crippen molar-refractivity contribution in [3.63, 3.8) is 0 Å². The van der Waals surface area contributed by atoms with Crippen LogP contribution >= 0.6 is 10.7 Å². The molecule has 0 aliphatic heterocycles. The van der Waals surface area contributed by atoms with Crippen LogP contribution in [0.2, 0.25) is 0 Å². The van der Waals surface area contributed by atoms with Crippen LogP contribution in [0.15, 0.2) is 39.9 Å². The molecule has 2 rings (SSSR count). The lowest BCUT2D eigenvalue weighted by atomic mass is 10.2. The molecule has 1 amide bonds. The van der Waals surface area contributed by atoms with Gasteiger partial charge in [0.25, 0.3) is 15.0 Å². The first-order valence-corrected chi connectivity index (χ1v) is 8.03. The Balaban J connectivity index is 2.20. The van der Waals surface area contributed by atoms with E-state index in [0.717, 1.165) is 0 Å². The number of ether oxygens (including phenoxy) is 1. The molecule has 7 nitrogen and oxygen atoms in total. The van der Waals surface area contributed by atoms with Gasteiger partial charge in [0, 0.05) is 28.9 Å². The highest BCUT2D eigenvalue weighted by atomic mass is 35.7. The van der Waals surface area contributed by atoms with Crippen molar-refractivity contribution in [2.24, 2.45) is 0 Å². The molecule has 0 radical (unpaired) electrons. The standard InChI is InChI=1S/C12H11ClN2O5S/c1-19-11-3-2-9(21(13,17)18)6-8(11)7-14-12(16)10-4-5-20-15-10/h2-6H,7H2,1H3,(H,14,16). The van der Waals surface area contributed by atoms with Gasteiger partial charge in [-0.05, 0) is 18.2 Å². The molecular formula is C12H11ClN2O5S. The van der Waals surface area contributed by atoms with Crippen molar-refractivity contribution in [3.05, 3.63) is 41.8 Å². The van der Waals surface area contributed by atoms with Gasteiger partial charge in [0.2, 0.25) is 0 Å². The second-order valence-corrected chi connectivity index (χ2v) is 6.54. The molecule has 1 aromatic carbocycles.